The average molecular weight is 426 g/mol. The number of fused-ring (bicyclic) bond motifs is 1. The highest BCUT2D eigenvalue weighted by Crippen LogP contribution is 2.36. The first kappa shape index (κ1) is 20.0. The Morgan fingerprint density at radius 2 is 1.97 bits per heavy atom. The van der Waals surface area contributed by atoms with Crippen LogP contribution in [0.25, 0.3) is 0 Å². The molecule has 1 aromatic heterocycles. The molecule has 0 spiro atoms. The predicted octanol–water partition coefficient (Wildman–Crippen LogP) is 4.05. The van der Waals surface area contributed by atoms with E-state index in [4.69, 9.17) is 20.9 Å². The van der Waals surface area contributed by atoms with E-state index in [9.17, 15) is 9.59 Å². The number of nitrogens with one attached hydrogen (secondary N) is 1. The van der Waals surface area contributed by atoms with Gasteiger partial charge in [0.2, 0.25) is 5.91 Å². The maximum absolute atomic E-state index is 12.6. The molecule has 1 N–H and O–H groups in total. The maximum Gasteiger partial charge on any atom is 0.265 e. The molecule has 30 heavy (non-hydrogen) atoms. The molecule has 2 heterocycles. The Kier molecular flexibility index (Phi) is 5.46. The Hall–Kier alpha value is -3.32. The van der Waals surface area contributed by atoms with E-state index in [1.54, 1.807) is 35.2 Å². The number of amides is 2. The van der Waals surface area contributed by atoms with Gasteiger partial charge in [0.25, 0.3) is 5.91 Å². The van der Waals surface area contributed by atoms with Gasteiger partial charge >= 0.3 is 0 Å². The summed E-state index contributed by atoms with van der Waals surface area (Å²) >= 11 is 5.89. The standard InChI is InChI=1S/C22H20ClN3O4/c1-13-18(14(2)30-25-13)11-26-19-10-17(7-8-20(19)29-12-22(26)28)24-21(27)9-15-3-5-16(23)6-4-15/h3-8,10H,9,11-12H2,1-2H3,(H,24,27). The van der Waals surface area contributed by atoms with Crippen LogP contribution in [0.5, 0.6) is 5.75 Å². The van der Waals surface area contributed by atoms with Crippen LogP contribution >= 0.6 is 11.6 Å². The number of benzene rings is 2. The van der Waals surface area contributed by atoms with E-state index >= 15 is 0 Å². The van der Waals surface area contributed by atoms with Gasteiger partial charge in [-0.2, -0.15) is 0 Å². The van der Waals surface area contributed by atoms with E-state index in [-0.39, 0.29) is 24.8 Å². The predicted molar refractivity (Wildman–Crippen MR) is 113 cm³/mol. The number of ether oxygens (including phenoxy) is 1. The van der Waals surface area contributed by atoms with Crippen molar-refractivity contribution in [3.63, 3.8) is 0 Å². The molecule has 1 aliphatic rings. The minimum atomic E-state index is -0.174. The SMILES string of the molecule is Cc1noc(C)c1CN1C(=O)COc2ccc(NC(=O)Cc3ccc(Cl)cc3)cc21. The molecule has 1 aliphatic heterocycles. The van der Waals surface area contributed by atoms with Crippen molar-refractivity contribution in [3.05, 3.63) is 70.1 Å². The fraction of sp³-hybridized carbons (Fsp3) is 0.227. The Morgan fingerprint density at radius 3 is 2.67 bits per heavy atom. The van der Waals surface area contributed by atoms with Gasteiger partial charge in [0.1, 0.15) is 11.5 Å². The van der Waals surface area contributed by atoms with Crippen molar-refractivity contribution in [1.82, 2.24) is 5.16 Å². The Labute approximate surface area is 178 Å². The largest absolute Gasteiger partial charge is 0.482 e. The summed E-state index contributed by atoms with van der Waals surface area (Å²) in [7, 11) is 0. The highest BCUT2D eigenvalue weighted by atomic mass is 35.5. The summed E-state index contributed by atoms with van der Waals surface area (Å²) < 4.78 is 10.8. The molecular weight excluding hydrogens is 406 g/mol. The van der Waals surface area contributed by atoms with Crippen LogP contribution in [-0.2, 0) is 22.6 Å². The number of carbonyl (C=O) groups is 2. The topological polar surface area (TPSA) is 84.7 Å². The third-order valence-electron chi connectivity index (χ3n) is 4.96. The van der Waals surface area contributed by atoms with Crippen molar-refractivity contribution < 1.29 is 18.8 Å². The van der Waals surface area contributed by atoms with Gasteiger partial charge in [-0.1, -0.05) is 28.9 Å². The van der Waals surface area contributed by atoms with Crippen LogP contribution in [0, 0.1) is 13.8 Å². The van der Waals surface area contributed by atoms with E-state index in [2.05, 4.69) is 10.5 Å². The lowest BCUT2D eigenvalue weighted by Gasteiger charge is -2.29. The molecule has 0 aliphatic carbocycles. The molecule has 0 radical (unpaired) electrons. The lowest BCUT2D eigenvalue weighted by molar-refractivity contribution is -0.121. The van der Waals surface area contributed by atoms with E-state index in [1.807, 2.05) is 26.0 Å². The van der Waals surface area contributed by atoms with Gasteiger partial charge < -0.3 is 19.5 Å². The second-order valence-corrected chi connectivity index (χ2v) is 7.54. The highest BCUT2D eigenvalue weighted by Gasteiger charge is 2.28. The fourth-order valence-electron chi connectivity index (χ4n) is 3.33. The first-order chi connectivity index (χ1) is 14.4. The lowest BCUT2D eigenvalue weighted by Crippen LogP contribution is -2.38. The fourth-order valence-corrected chi connectivity index (χ4v) is 3.46. The molecule has 2 amide bonds. The second kappa shape index (κ2) is 8.20. The molecule has 7 nitrogen and oxygen atoms in total. The summed E-state index contributed by atoms with van der Waals surface area (Å²) in [4.78, 5) is 26.6. The molecule has 0 fully saturated rings. The molecule has 3 aromatic rings. The Balaban J connectivity index is 1.55. The number of carbonyl (C=O) groups excluding carboxylic acids is 2. The van der Waals surface area contributed by atoms with Crippen LogP contribution in [0.1, 0.15) is 22.6 Å². The first-order valence-electron chi connectivity index (χ1n) is 9.44. The molecule has 4 rings (SSSR count). The molecular formula is C22H20ClN3O4. The lowest BCUT2D eigenvalue weighted by atomic mass is 10.1. The number of anilines is 2. The summed E-state index contributed by atoms with van der Waals surface area (Å²) in [5.74, 6) is 0.905. The van der Waals surface area contributed by atoms with Crippen molar-refractivity contribution in [1.29, 1.82) is 0 Å². The normalized spacial score (nSPS) is 13.0. The molecule has 0 atom stereocenters. The molecule has 0 unspecified atom stereocenters. The first-order valence-corrected chi connectivity index (χ1v) is 9.82. The van der Waals surface area contributed by atoms with Crippen LogP contribution in [0.3, 0.4) is 0 Å². The zero-order chi connectivity index (χ0) is 21.3. The van der Waals surface area contributed by atoms with Crippen LogP contribution in [0.4, 0.5) is 11.4 Å². The molecule has 0 saturated heterocycles. The van der Waals surface area contributed by atoms with Gasteiger partial charge in [0.05, 0.1) is 24.3 Å². The summed E-state index contributed by atoms with van der Waals surface area (Å²) in [5.41, 5.74) is 3.62. The third kappa shape index (κ3) is 4.16. The smallest absolute Gasteiger partial charge is 0.265 e. The van der Waals surface area contributed by atoms with Crippen LogP contribution in [-0.4, -0.2) is 23.6 Å². The monoisotopic (exact) mass is 425 g/mol. The quantitative estimate of drug-likeness (QED) is 0.666. The number of aromatic nitrogens is 1. The summed E-state index contributed by atoms with van der Waals surface area (Å²) in [6, 6.07) is 12.4. The van der Waals surface area contributed by atoms with Gasteiger partial charge in [-0.25, -0.2) is 0 Å². The molecule has 8 heteroatoms. The summed E-state index contributed by atoms with van der Waals surface area (Å²) in [6.07, 6.45) is 0.215. The van der Waals surface area contributed by atoms with Gasteiger partial charge in [-0.3, -0.25) is 9.59 Å². The number of halogens is 1. The van der Waals surface area contributed by atoms with Crippen molar-refractivity contribution in [2.75, 3.05) is 16.8 Å². The van der Waals surface area contributed by atoms with E-state index < -0.39 is 0 Å². The Morgan fingerprint density at radius 1 is 1.20 bits per heavy atom. The minimum Gasteiger partial charge on any atom is -0.482 e. The van der Waals surface area contributed by atoms with Gasteiger partial charge in [0, 0.05) is 16.3 Å². The molecule has 2 aromatic carbocycles. The number of rotatable bonds is 5. The molecule has 0 bridgehead atoms. The summed E-state index contributed by atoms with van der Waals surface area (Å²) in [5, 5.41) is 7.45. The van der Waals surface area contributed by atoms with Crippen molar-refractivity contribution in [2.45, 2.75) is 26.8 Å². The van der Waals surface area contributed by atoms with Crippen LogP contribution < -0.4 is 15.0 Å². The zero-order valence-electron chi connectivity index (χ0n) is 16.6. The molecule has 154 valence electrons. The van der Waals surface area contributed by atoms with E-state index in [1.165, 1.54) is 0 Å². The van der Waals surface area contributed by atoms with Crippen molar-refractivity contribution in [3.8, 4) is 5.75 Å². The van der Waals surface area contributed by atoms with Gasteiger partial charge in [0.15, 0.2) is 6.61 Å². The van der Waals surface area contributed by atoms with Crippen LogP contribution in [0.2, 0.25) is 5.02 Å². The minimum absolute atomic E-state index is 0.0430. The van der Waals surface area contributed by atoms with Gasteiger partial charge in [-0.15, -0.1) is 0 Å². The number of hydrogen-bond acceptors (Lipinski definition) is 5. The second-order valence-electron chi connectivity index (χ2n) is 7.11. The van der Waals surface area contributed by atoms with E-state index in [0.29, 0.717) is 34.5 Å². The highest BCUT2D eigenvalue weighted by molar-refractivity contribution is 6.30. The van der Waals surface area contributed by atoms with Gasteiger partial charge in [-0.05, 0) is 49.7 Å². The maximum atomic E-state index is 12.6. The Bertz CT molecular complexity index is 1090. The third-order valence-corrected chi connectivity index (χ3v) is 5.21. The van der Waals surface area contributed by atoms with Crippen LogP contribution in [0.15, 0.2) is 47.0 Å². The van der Waals surface area contributed by atoms with Crippen molar-refractivity contribution in [2.24, 2.45) is 0 Å². The molecule has 0 saturated carbocycles. The number of hydrogen-bond donors (Lipinski definition) is 1. The van der Waals surface area contributed by atoms with E-state index in [0.717, 1.165) is 16.8 Å². The average Bonchev–Trinajstić information content (AvgIpc) is 3.03. The summed E-state index contributed by atoms with van der Waals surface area (Å²) in [6.45, 7) is 3.93. The number of nitrogens with zero attached hydrogens (tertiary/aromatic N) is 2. The van der Waals surface area contributed by atoms with Crippen molar-refractivity contribution >= 4 is 34.8 Å². The number of aryl methyl sites for hydroxylation is 2. The zero-order valence-corrected chi connectivity index (χ0v) is 17.3.